The van der Waals surface area contributed by atoms with Crippen LogP contribution in [0.5, 0.6) is 0 Å². The summed E-state index contributed by atoms with van der Waals surface area (Å²) in [4.78, 5) is 5.87. The molecule has 0 atom stereocenters. The zero-order valence-corrected chi connectivity index (χ0v) is 16.0. The lowest BCUT2D eigenvalue weighted by Gasteiger charge is -2.23. The number of hydrogen-bond acceptors (Lipinski definition) is 2. The fourth-order valence-electron chi connectivity index (χ4n) is 2.61. The molecule has 0 fully saturated rings. The molecule has 0 bridgehead atoms. The average molecular weight is 338 g/mol. The minimum absolute atomic E-state index is 0.239. The number of unbranched alkanes of at least 4 members (excludes halogenated alkanes) is 2. The van der Waals surface area contributed by atoms with Crippen LogP contribution in [0.15, 0.2) is 48.5 Å². The van der Waals surface area contributed by atoms with Crippen LogP contribution in [0.1, 0.15) is 63.6 Å². The fourth-order valence-corrected chi connectivity index (χ4v) is 2.61. The van der Waals surface area contributed by atoms with Gasteiger partial charge in [0.1, 0.15) is 0 Å². The number of rotatable bonds is 8. The van der Waals surface area contributed by atoms with Crippen LogP contribution >= 0.6 is 0 Å². The van der Waals surface area contributed by atoms with Gasteiger partial charge in [-0.25, -0.2) is 0 Å². The molecule has 25 heavy (non-hydrogen) atoms. The molecule has 0 heterocycles. The highest BCUT2D eigenvalue weighted by Crippen LogP contribution is 2.26. The quantitative estimate of drug-likeness (QED) is 0.327. The van der Waals surface area contributed by atoms with Gasteiger partial charge in [-0.15, -0.1) is 0 Å². The van der Waals surface area contributed by atoms with E-state index in [9.17, 15) is 0 Å². The van der Waals surface area contributed by atoms with Crippen LogP contribution in [0, 0.1) is 0 Å². The van der Waals surface area contributed by atoms with Crippen molar-refractivity contribution in [2.24, 2.45) is 0 Å². The van der Waals surface area contributed by atoms with Gasteiger partial charge in [0.15, 0.2) is 0 Å². The number of para-hydroxylation sites is 1. The molecule has 0 spiro atoms. The third-order valence-corrected chi connectivity index (χ3v) is 3.95. The molecule has 0 saturated carbocycles. The van der Waals surface area contributed by atoms with Crippen LogP contribution in [-0.2, 0) is 11.3 Å². The maximum atomic E-state index is 5.87. The molecule has 0 aliphatic carbocycles. The van der Waals surface area contributed by atoms with E-state index < -0.39 is 0 Å². The van der Waals surface area contributed by atoms with Crippen LogP contribution in [0.25, 0.3) is 12.2 Å². The maximum absolute atomic E-state index is 5.87. The number of anilines is 1. The van der Waals surface area contributed by atoms with E-state index in [4.69, 9.17) is 4.84 Å². The highest BCUT2D eigenvalue weighted by atomic mass is 16.7. The molecular formula is C23H31NO. The first kappa shape index (κ1) is 19.3. The van der Waals surface area contributed by atoms with E-state index in [1.54, 1.807) is 0 Å². The second-order valence-corrected chi connectivity index (χ2v) is 7.40. The summed E-state index contributed by atoms with van der Waals surface area (Å²) in [5, 5.41) is 0. The molecule has 1 N–H and O–H groups in total. The van der Waals surface area contributed by atoms with Gasteiger partial charge in [-0.2, -0.15) is 0 Å². The molecule has 0 aromatic heterocycles. The lowest BCUT2D eigenvalue weighted by atomic mass is 10.0. The molecule has 0 aliphatic rings. The van der Waals surface area contributed by atoms with Gasteiger partial charge in [-0.3, -0.25) is 10.3 Å². The molecular weight excluding hydrogens is 306 g/mol. The Morgan fingerprint density at radius 1 is 0.920 bits per heavy atom. The fraction of sp³-hybridized carbons (Fsp3) is 0.391. The predicted molar refractivity (Wildman–Crippen MR) is 110 cm³/mol. The van der Waals surface area contributed by atoms with Gasteiger partial charge >= 0.3 is 0 Å². The molecule has 0 aliphatic heterocycles. The first-order chi connectivity index (χ1) is 12.0. The van der Waals surface area contributed by atoms with Gasteiger partial charge in [0.2, 0.25) is 0 Å². The van der Waals surface area contributed by atoms with E-state index in [1.807, 2.05) is 6.07 Å². The van der Waals surface area contributed by atoms with Gasteiger partial charge in [0.25, 0.3) is 0 Å². The van der Waals surface area contributed by atoms with E-state index in [0.717, 1.165) is 17.7 Å². The Labute approximate surface area is 152 Å². The lowest BCUT2D eigenvalue weighted by Crippen LogP contribution is -2.23. The summed E-state index contributed by atoms with van der Waals surface area (Å²) in [7, 11) is 0. The smallest absolute Gasteiger partial charge is 0.0876 e. The molecule has 2 heteroatoms. The first-order valence-electron chi connectivity index (χ1n) is 9.28. The lowest BCUT2D eigenvalue weighted by molar-refractivity contribution is 0.0373. The highest BCUT2D eigenvalue weighted by Gasteiger charge is 2.13. The maximum Gasteiger partial charge on any atom is 0.0876 e. The topological polar surface area (TPSA) is 21.3 Å². The van der Waals surface area contributed by atoms with Gasteiger partial charge in [0, 0.05) is 5.56 Å². The summed E-state index contributed by atoms with van der Waals surface area (Å²) in [5.41, 5.74) is 7.74. The van der Waals surface area contributed by atoms with Gasteiger partial charge in [-0.1, -0.05) is 80.4 Å². The van der Waals surface area contributed by atoms with Crippen LogP contribution in [0.4, 0.5) is 5.69 Å². The Kier molecular flexibility index (Phi) is 7.27. The summed E-state index contributed by atoms with van der Waals surface area (Å²) in [6, 6.07) is 16.8. The average Bonchev–Trinajstić information content (AvgIpc) is 2.59. The number of nitrogens with one attached hydrogen (secondary N) is 1. The second kappa shape index (κ2) is 9.43. The molecule has 134 valence electrons. The van der Waals surface area contributed by atoms with Crippen molar-refractivity contribution in [3.63, 3.8) is 0 Å². The van der Waals surface area contributed by atoms with Crippen molar-refractivity contribution >= 4 is 17.8 Å². The Morgan fingerprint density at radius 3 is 2.36 bits per heavy atom. The van der Waals surface area contributed by atoms with Crippen molar-refractivity contribution in [2.45, 2.75) is 59.0 Å². The number of aryl methyl sites for hydroxylation is 1. The van der Waals surface area contributed by atoms with Crippen molar-refractivity contribution in [1.29, 1.82) is 0 Å². The monoisotopic (exact) mass is 337 g/mol. The zero-order valence-electron chi connectivity index (χ0n) is 16.0. The number of benzene rings is 2. The molecule has 0 radical (unpaired) electrons. The van der Waals surface area contributed by atoms with E-state index in [-0.39, 0.29) is 5.60 Å². The second-order valence-electron chi connectivity index (χ2n) is 7.40. The van der Waals surface area contributed by atoms with Crippen LogP contribution < -0.4 is 5.48 Å². The van der Waals surface area contributed by atoms with E-state index >= 15 is 0 Å². The summed E-state index contributed by atoms with van der Waals surface area (Å²) in [5.74, 6) is 0. The third-order valence-electron chi connectivity index (χ3n) is 3.95. The Hall–Kier alpha value is -2.06. The zero-order chi connectivity index (χ0) is 18.1. The highest BCUT2D eigenvalue weighted by molar-refractivity contribution is 5.78. The van der Waals surface area contributed by atoms with Crippen molar-refractivity contribution in [3.05, 3.63) is 65.2 Å². The molecule has 2 nitrogen and oxygen atoms in total. The minimum atomic E-state index is -0.239. The molecule has 0 saturated heterocycles. The Bertz CT molecular complexity index is 668. The van der Waals surface area contributed by atoms with Crippen molar-refractivity contribution in [1.82, 2.24) is 0 Å². The predicted octanol–water partition coefficient (Wildman–Crippen LogP) is 6.73. The molecule has 0 unspecified atom stereocenters. The standard InChI is InChI=1S/C23H31NO/c1-5-6-8-14-20-15-11-16-21(22(20)24-25-23(2,3)4)18-17-19-12-9-7-10-13-19/h7,9-13,15-18,24H,5-6,8,14H2,1-4H3. The van der Waals surface area contributed by atoms with Crippen LogP contribution in [0.3, 0.4) is 0 Å². The van der Waals surface area contributed by atoms with Crippen molar-refractivity contribution in [2.75, 3.05) is 5.48 Å². The van der Waals surface area contributed by atoms with E-state index in [2.05, 4.69) is 87.8 Å². The SMILES string of the molecule is CCCCCc1cccc(C=Cc2ccccc2)c1NOC(C)(C)C. The summed E-state index contributed by atoms with van der Waals surface area (Å²) >= 11 is 0. The van der Waals surface area contributed by atoms with Gasteiger partial charge < -0.3 is 0 Å². The van der Waals surface area contributed by atoms with Crippen molar-refractivity contribution in [3.8, 4) is 0 Å². The van der Waals surface area contributed by atoms with Gasteiger partial charge in [0.05, 0.1) is 11.3 Å². The van der Waals surface area contributed by atoms with E-state index in [1.165, 1.54) is 30.4 Å². The Balaban J connectivity index is 2.26. The van der Waals surface area contributed by atoms with E-state index in [0.29, 0.717) is 0 Å². The summed E-state index contributed by atoms with van der Waals surface area (Å²) in [6.45, 7) is 8.40. The minimum Gasteiger partial charge on any atom is -0.270 e. The normalized spacial score (nSPS) is 11.8. The summed E-state index contributed by atoms with van der Waals surface area (Å²) < 4.78 is 0. The van der Waals surface area contributed by atoms with Crippen LogP contribution in [0.2, 0.25) is 0 Å². The molecule has 2 aromatic carbocycles. The number of hydrogen-bond donors (Lipinski definition) is 1. The molecule has 2 aromatic rings. The first-order valence-corrected chi connectivity index (χ1v) is 9.28. The molecule has 2 rings (SSSR count). The van der Waals surface area contributed by atoms with Gasteiger partial charge in [-0.05, 0) is 44.7 Å². The third kappa shape index (κ3) is 6.75. The van der Waals surface area contributed by atoms with Crippen molar-refractivity contribution < 1.29 is 4.84 Å². The molecule has 0 amide bonds. The summed E-state index contributed by atoms with van der Waals surface area (Å²) in [6.07, 6.45) is 9.06. The largest absolute Gasteiger partial charge is 0.270 e. The van der Waals surface area contributed by atoms with Crippen LogP contribution in [-0.4, -0.2) is 5.60 Å². The Morgan fingerprint density at radius 2 is 1.68 bits per heavy atom.